The van der Waals surface area contributed by atoms with E-state index in [2.05, 4.69) is 11.1 Å². The molecule has 1 amide bonds. The lowest BCUT2D eigenvalue weighted by molar-refractivity contribution is -0.133. The minimum absolute atomic E-state index is 0.124. The molecule has 0 saturated carbocycles. The first-order chi connectivity index (χ1) is 13.8. The van der Waals surface area contributed by atoms with Crippen molar-refractivity contribution in [3.8, 4) is 10.6 Å². The number of ether oxygens (including phenoxy) is 1. The maximum Gasteiger partial charge on any atom is 0.358 e. The number of esters is 1. The normalized spacial score (nSPS) is 10.6. The quantitative estimate of drug-likeness (QED) is 0.564. The fourth-order valence-corrected chi connectivity index (χ4v) is 3.57. The van der Waals surface area contributed by atoms with Gasteiger partial charge in [0.2, 0.25) is 0 Å². The summed E-state index contributed by atoms with van der Waals surface area (Å²) in [4.78, 5) is 30.3. The molecule has 3 aromatic rings. The van der Waals surface area contributed by atoms with Gasteiger partial charge in [-0.3, -0.25) is 4.79 Å². The van der Waals surface area contributed by atoms with Crippen LogP contribution in [0.5, 0.6) is 0 Å². The van der Waals surface area contributed by atoms with Crippen LogP contribution in [0.25, 0.3) is 10.6 Å². The molecule has 0 radical (unpaired) electrons. The number of carbonyl (C=O) groups excluding carboxylic acids is 2. The van der Waals surface area contributed by atoms with Crippen molar-refractivity contribution in [3.63, 3.8) is 0 Å². The van der Waals surface area contributed by atoms with Gasteiger partial charge in [-0.05, 0) is 49.2 Å². The molecule has 29 heavy (non-hydrogen) atoms. The van der Waals surface area contributed by atoms with E-state index in [1.54, 1.807) is 24.6 Å². The summed E-state index contributed by atoms with van der Waals surface area (Å²) in [7, 11) is 1.67. The number of hydrogen-bond donors (Lipinski definition) is 0. The third-order valence-electron chi connectivity index (χ3n) is 4.46. The number of likely N-dealkylation sites (N-methyl/N-ethyl adjacent to an activating group) is 1. The van der Waals surface area contributed by atoms with E-state index in [0.29, 0.717) is 17.1 Å². The second kappa shape index (κ2) is 8.96. The molecule has 0 fully saturated rings. The fraction of sp³-hybridized carbons (Fsp3) is 0.227. The summed E-state index contributed by atoms with van der Waals surface area (Å²) in [5, 5.41) is 2.14. The Morgan fingerprint density at radius 2 is 1.86 bits per heavy atom. The van der Waals surface area contributed by atoms with Crippen LogP contribution in [0.15, 0.2) is 47.8 Å². The highest BCUT2D eigenvalue weighted by Crippen LogP contribution is 2.24. The van der Waals surface area contributed by atoms with Crippen molar-refractivity contribution in [2.75, 3.05) is 13.7 Å². The van der Waals surface area contributed by atoms with Crippen LogP contribution in [0.4, 0.5) is 4.39 Å². The van der Waals surface area contributed by atoms with E-state index in [-0.39, 0.29) is 24.0 Å². The summed E-state index contributed by atoms with van der Waals surface area (Å²) in [5.41, 5.74) is 4.15. The summed E-state index contributed by atoms with van der Waals surface area (Å²) in [6.45, 7) is 4.10. The van der Waals surface area contributed by atoms with Crippen LogP contribution in [0.3, 0.4) is 0 Å². The second-order valence-electron chi connectivity index (χ2n) is 6.80. The number of aromatic nitrogens is 1. The van der Waals surface area contributed by atoms with Gasteiger partial charge in [0.1, 0.15) is 10.8 Å². The van der Waals surface area contributed by atoms with Gasteiger partial charge in [0.25, 0.3) is 5.91 Å². The number of aryl methyl sites for hydroxylation is 2. The molecule has 0 spiro atoms. The number of hydrogen-bond acceptors (Lipinski definition) is 5. The predicted octanol–water partition coefficient (Wildman–Crippen LogP) is 4.38. The highest BCUT2D eigenvalue weighted by molar-refractivity contribution is 7.13. The molecule has 7 heteroatoms. The Kier molecular flexibility index (Phi) is 6.39. The highest BCUT2D eigenvalue weighted by Gasteiger charge is 2.17. The molecular weight excluding hydrogens is 391 g/mol. The van der Waals surface area contributed by atoms with E-state index in [9.17, 15) is 14.0 Å². The van der Waals surface area contributed by atoms with Crippen LogP contribution >= 0.6 is 11.3 Å². The molecule has 0 bridgehead atoms. The smallest absolute Gasteiger partial charge is 0.358 e. The van der Waals surface area contributed by atoms with Crippen LogP contribution in [0.1, 0.15) is 27.2 Å². The Balaban J connectivity index is 1.56. The minimum Gasteiger partial charge on any atom is -0.451 e. The predicted molar refractivity (Wildman–Crippen MR) is 110 cm³/mol. The number of carbonyl (C=O) groups is 2. The molecule has 0 atom stereocenters. The lowest BCUT2D eigenvalue weighted by Crippen LogP contribution is -2.31. The second-order valence-corrected chi connectivity index (χ2v) is 7.66. The number of halogens is 1. The molecule has 2 aromatic carbocycles. The van der Waals surface area contributed by atoms with Crippen molar-refractivity contribution in [2.45, 2.75) is 20.4 Å². The van der Waals surface area contributed by atoms with Gasteiger partial charge in [0.05, 0.1) is 0 Å². The van der Waals surface area contributed by atoms with Crippen LogP contribution in [-0.4, -0.2) is 35.4 Å². The largest absolute Gasteiger partial charge is 0.451 e. The standard InChI is InChI=1S/C22H21FN2O3S/c1-14-4-5-17(15(2)10-14)11-25(3)20(26)12-28-22(27)19-13-29-21(24-19)16-6-8-18(23)9-7-16/h4-10,13H,11-12H2,1-3H3. The van der Waals surface area contributed by atoms with Gasteiger partial charge in [-0.1, -0.05) is 23.8 Å². The van der Waals surface area contributed by atoms with Crippen LogP contribution in [0.2, 0.25) is 0 Å². The highest BCUT2D eigenvalue weighted by atomic mass is 32.1. The summed E-state index contributed by atoms with van der Waals surface area (Å²) in [6.07, 6.45) is 0. The molecular formula is C22H21FN2O3S. The van der Waals surface area contributed by atoms with Crippen molar-refractivity contribution in [1.82, 2.24) is 9.88 Å². The van der Waals surface area contributed by atoms with E-state index < -0.39 is 5.97 Å². The maximum absolute atomic E-state index is 13.0. The molecule has 0 unspecified atom stereocenters. The third-order valence-corrected chi connectivity index (χ3v) is 5.35. The van der Waals surface area contributed by atoms with E-state index >= 15 is 0 Å². The zero-order valence-electron chi connectivity index (χ0n) is 16.4. The average Bonchev–Trinajstić information content (AvgIpc) is 3.18. The average molecular weight is 412 g/mol. The van der Waals surface area contributed by atoms with Gasteiger partial charge in [0, 0.05) is 24.5 Å². The Morgan fingerprint density at radius 1 is 1.14 bits per heavy atom. The molecule has 3 rings (SSSR count). The van der Waals surface area contributed by atoms with Crippen LogP contribution < -0.4 is 0 Å². The number of rotatable bonds is 6. The lowest BCUT2D eigenvalue weighted by atomic mass is 10.1. The molecule has 1 heterocycles. The first-order valence-electron chi connectivity index (χ1n) is 9.02. The molecule has 0 saturated heterocycles. The van der Waals surface area contributed by atoms with Gasteiger partial charge in [-0.2, -0.15) is 0 Å². The summed E-state index contributed by atoms with van der Waals surface area (Å²) in [5.74, 6) is -1.30. The first kappa shape index (κ1) is 20.7. The number of amides is 1. The van der Waals surface area contributed by atoms with E-state index in [1.165, 1.54) is 28.4 Å². The van der Waals surface area contributed by atoms with Gasteiger partial charge in [-0.25, -0.2) is 14.2 Å². The third kappa shape index (κ3) is 5.26. The number of nitrogens with zero attached hydrogens (tertiary/aromatic N) is 2. The van der Waals surface area contributed by atoms with E-state index in [1.807, 2.05) is 26.0 Å². The summed E-state index contributed by atoms with van der Waals surface area (Å²) in [6, 6.07) is 11.9. The van der Waals surface area contributed by atoms with Crippen LogP contribution in [0, 0.1) is 19.7 Å². The zero-order chi connectivity index (χ0) is 21.0. The molecule has 150 valence electrons. The van der Waals surface area contributed by atoms with Crippen molar-refractivity contribution in [3.05, 3.63) is 76.0 Å². The topological polar surface area (TPSA) is 59.5 Å². The molecule has 1 aromatic heterocycles. The maximum atomic E-state index is 13.0. The molecule has 0 aliphatic heterocycles. The molecule has 0 aliphatic rings. The van der Waals surface area contributed by atoms with Crippen molar-refractivity contribution in [1.29, 1.82) is 0 Å². The van der Waals surface area contributed by atoms with Crippen molar-refractivity contribution < 1.29 is 18.7 Å². The Bertz CT molecular complexity index is 1030. The Labute approximate surface area is 172 Å². The van der Waals surface area contributed by atoms with Crippen LogP contribution in [-0.2, 0) is 16.1 Å². The van der Waals surface area contributed by atoms with Gasteiger partial charge < -0.3 is 9.64 Å². The Hall–Kier alpha value is -3.06. The number of benzene rings is 2. The molecule has 0 N–H and O–H groups in total. The molecule has 5 nitrogen and oxygen atoms in total. The minimum atomic E-state index is -0.664. The fourth-order valence-electron chi connectivity index (χ4n) is 2.77. The van der Waals surface area contributed by atoms with Crippen molar-refractivity contribution in [2.24, 2.45) is 0 Å². The van der Waals surface area contributed by atoms with E-state index in [0.717, 1.165) is 16.7 Å². The number of thiazole rings is 1. The Morgan fingerprint density at radius 3 is 2.55 bits per heavy atom. The molecule has 0 aliphatic carbocycles. The van der Waals surface area contributed by atoms with E-state index in [4.69, 9.17) is 4.74 Å². The van der Waals surface area contributed by atoms with Gasteiger partial charge in [0.15, 0.2) is 12.3 Å². The van der Waals surface area contributed by atoms with Gasteiger partial charge in [-0.15, -0.1) is 11.3 Å². The zero-order valence-corrected chi connectivity index (χ0v) is 17.3. The summed E-state index contributed by atoms with van der Waals surface area (Å²) < 4.78 is 18.1. The SMILES string of the molecule is Cc1ccc(CN(C)C(=O)COC(=O)c2csc(-c3ccc(F)cc3)n2)c(C)c1. The monoisotopic (exact) mass is 412 g/mol. The first-order valence-corrected chi connectivity index (χ1v) is 9.90. The van der Waals surface area contributed by atoms with Gasteiger partial charge >= 0.3 is 5.97 Å². The van der Waals surface area contributed by atoms with Crippen molar-refractivity contribution >= 4 is 23.2 Å². The lowest BCUT2D eigenvalue weighted by Gasteiger charge is -2.18. The summed E-state index contributed by atoms with van der Waals surface area (Å²) >= 11 is 1.25.